The molecule has 0 unspecified atom stereocenters. The summed E-state index contributed by atoms with van der Waals surface area (Å²) in [6.45, 7) is -2.27. The van der Waals surface area contributed by atoms with Gasteiger partial charge in [0, 0.05) is 24.8 Å². The average molecular weight is 627 g/mol. The Balaban J connectivity index is 1.62. The Kier molecular flexibility index (Phi) is 9.51. The van der Waals surface area contributed by atoms with Crippen LogP contribution in [0.5, 0.6) is 0 Å². The van der Waals surface area contributed by atoms with Crippen LogP contribution in [0.15, 0.2) is 30.3 Å². The zero-order chi connectivity index (χ0) is 29.9. The summed E-state index contributed by atoms with van der Waals surface area (Å²) in [5.41, 5.74) is -2.06. The van der Waals surface area contributed by atoms with E-state index in [9.17, 15) is 40.7 Å². The second-order valence-corrected chi connectivity index (χ2v) is 11.2. The molecule has 1 aromatic heterocycles. The number of thiophene rings is 1. The van der Waals surface area contributed by atoms with Crippen molar-refractivity contribution >= 4 is 52.0 Å². The molecular weight excluding hydrogens is 602 g/mol. The number of nitrogens with zero attached hydrogens (tertiary/aromatic N) is 2. The summed E-state index contributed by atoms with van der Waals surface area (Å²) in [6, 6.07) is 3.37. The van der Waals surface area contributed by atoms with Crippen LogP contribution in [0.3, 0.4) is 0 Å². The molecule has 1 aromatic carbocycles. The van der Waals surface area contributed by atoms with E-state index in [4.69, 9.17) is 16.3 Å². The van der Waals surface area contributed by atoms with Crippen LogP contribution in [0.1, 0.15) is 34.5 Å². The third-order valence-corrected chi connectivity index (χ3v) is 7.96. The highest BCUT2D eigenvalue weighted by atomic mass is 35.5. The lowest BCUT2D eigenvalue weighted by atomic mass is 9.90. The molecule has 2 aromatic rings. The quantitative estimate of drug-likeness (QED) is 0.385. The first-order valence-electron chi connectivity index (χ1n) is 12.5. The molecule has 2 aliphatic rings. The smallest absolute Gasteiger partial charge is 0.370 e. The largest absolute Gasteiger partial charge is 0.418 e. The fraction of sp³-hybridized carbons (Fsp3) is 0.480. The zero-order valence-corrected chi connectivity index (χ0v) is 22.9. The molecule has 224 valence electrons. The second-order valence-electron chi connectivity index (χ2n) is 9.52. The van der Waals surface area contributed by atoms with E-state index in [0.29, 0.717) is 29.7 Å². The lowest BCUT2D eigenvalue weighted by molar-refractivity contribution is -0.163. The molecule has 1 aliphatic carbocycles. The van der Waals surface area contributed by atoms with Crippen molar-refractivity contribution in [2.75, 3.05) is 43.1 Å². The van der Waals surface area contributed by atoms with Gasteiger partial charge in [0.05, 0.1) is 33.6 Å². The fourth-order valence-corrected chi connectivity index (χ4v) is 5.50. The molecule has 16 heteroatoms. The van der Waals surface area contributed by atoms with Crippen LogP contribution in [0.25, 0.3) is 0 Å². The van der Waals surface area contributed by atoms with Gasteiger partial charge in [0.25, 0.3) is 11.8 Å². The van der Waals surface area contributed by atoms with Gasteiger partial charge in [0.2, 0.25) is 5.91 Å². The van der Waals surface area contributed by atoms with E-state index < -0.39 is 66.5 Å². The van der Waals surface area contributed by atoms with Gasteiger partial charge >= 0.3 is 12.4 Å². The first kappa shape index (κ1) is 31.1. The summed E-state index contributed by atoms with van der Waals surface area (Å²) >= 11 is 6.76. The lowest BCUT2D eigenvalue weighted by Gasteiger charge is -2.42. The van der Waals surface area contributed by atoms with Crippen LogP contribution in [0.4, 0.5) is 37.7 Å². The van der Waals surface area contributed by atoms with E-state index in [-0.39, 0.29) is 30.3 Å². The van der Waals surface area contributed by atoms with Gasteiger partial charge in [-0.25, -0.2) is 0 Å². The van der Waals surface area contributed by atoms with Gasteiger partial charge in [-0.3, -0.25) is 19.3 Å². The van der Waals surface area contributed by atoms with Crippen LogP contribution in [0.2, 0.25) is 4.34 Å². The molecule has 1 saturated carbocycles. The molecule has 4 rings (SSSR count). The van der Waals surface area contributed by atoms with Crippen molar-refractivity contribution in [3.63, 3.8) is 0 Å². The van der Waals surface area contributed by atoms with Crippen molar-refractivity contribution in [1.29, 1.82) is 0 Å². The number of halogens is 7. The Hall–Kier alpha value is -2.88. The van der Waals surface area contributed by atoms with E-state index in [1.165, 1.54) is 18.2 Å². The van der Waals surface area contributed by atoms with Gasteiger partial charge in [-0.05, 0) is 43.2 Å². The molecule has 8 nitrogen and oxygen atoms in total. The van der Waals surface area contributed by atoms with Crippen molar-refractivity contribution < 1.29 is 45.5 Å². The predicted octanol–water partition coefficient (Wildman–Crippen LogP) is 4.94. The van der Waals surface area contributed by atoms with Crippen molar-refractivity contribution in [3.05, 3.63) is 45.1 Å². The average Bonchev–Trinajstić information content (AvgIpc) is 3.28. The van der Waals surface area contributed by atoms with E-state index in [1.807, 2.05) is 0 Å². The summed E-state index contributed by atoms with van der Waals surface area (Å²) in [7, 11) is 0. The number of ether oxygens (including phenoxy) is 1. The predicted molar refractivity (Wildman–Crippen MR) is 139 cm³/mol. The van der Waals surface area contributed by atoms with Crippen LogP contribution >= 0.6 is 22.9 Å². The van der Waals surface area contributed by atoms with Gasteiger partial charge in [-0.15, -0.1) is 11.3 Å². The SMILES string of the molecule is O=C(NC[C@H](C(=O)Nc1ccc(N2CCOCC2=O)cc1C(F)(F)F)N(CC(F)(F)F)C1CCC1)c1ccc(Cl)s1. The fourth-order valence-electron chi connectivity index (χ4n) is 4.54. The summed E-state index contributed by atoms with van der Waals surface area (Å²) in [5.74, 6) is -2.41. The van der Waals surface area contributed by atoms with Crippen molar-refractivity contribution in [3.8, 4) is 0 Å². The highest BCUT2D eigenvalue weighted by molar-refractivity contribution is 7.18. The number of rotatable bonds is 9. The number of morpholine rings is 1. The Labute approximate surface area is 239 Å². The molecular formula is C25H25ClF6N4O4S. The number of carbonyl (C=O) groups is 3. The molecule has 1 atom stereocenters. The van der Waals surface area contributed by atoms with Crippen LogP contribution in [0, 0.1) is 0 Å². The minimum atomic E-state index is -4.98. The lowest BCUT2D eigenvalue weighted by Crippen LogP contribution is -2.58. The first-order valence-corrected chi connectivity index (χ1v) is 13.7. The third-order valence-electron chi connectivity index (χ3n) is 6.73. The topological polar surface area (TPSA) is 91.0 Å². The van der Waals surface area contributed by atoms with Crippen molar-refractivity contribution in [1.82, 2.24) is 10.2 Å². The Morgan fingerprint density at radius 3 is 2.44 bits per heavy atom. The van der Waals surface area contributed by atoms with Crippen molar-refractivity contribution in [2.24, 2.45) is 0 Å². The standard InChI is InChI=1S/C25H25ClF6N4O4S/c26-20-7-6-19(41-20)23(39)33-11-18(36(13-24(27,28)29)14-2-1-3-14)22(38)34-17-5-4-15(10-16(17)25(30,31)32)35-8-9-40-12-21(35)37/h4-7,10,14,18H,1-3,8-9,11-13H2,(H,33,39)(H,34,38)/t18-/m1/s1. The maximum absolute atomic E-state index is 14.1. The molecule has 1 aliphatic heterocycles. The van der Waals surface area contributed by atoms with Gasteiger partial charge < -0.3 is 20.3 Å². The van der Waals surface area contributed by atoms with Crippen molar-refractivity contribution in [2.45, 2.75) is 43.7 Å². The van der Waals surface area contributed by atoms with E-state index in [2.05, 4.69) is 10.6 Å². The van der Waals surface area contributed by atoms with E-state index >= 15 is 0 Å². The minimum absolute atomic E-state index is 0.0207. The normalized spacial score (nSPS) is 17.4. The first-order chi connectivity index (χ1) is 19.2. The number of amides is 3. The van der Waals surface area contributed by atoms with E-state index in [0.717, 1.165) is 27.2 Å². The molecule has 0 radical (unpaired) electrons. The number of alkyl halides is 6. The third kappa shape index (κ3) is 7.90. The summed E-state index contributed by atoms with van der Waals surface area (Å²) in [6.07, 6.45) is -8.37. The summed E-state index contributed by atoms with van der Waals surface area (Å²) in [5, 5.41) is 4.54. The highest BCUT2D eigenvalue weighted by Gasteiger charge is 2.43. The molecule has 2 heterocycles. The van der Waals surface area contributed by atoms with Gasteiger partial charge in [0.15, 0.2) is 0 Å². The summed E-state index contributed by atoms with van der Waals surface area (Å²) in [4.78, 5) is 40.3. The Bertz CT molecular complexity index is 1280. The van der Waals surface area contributed by atoms with Gasteiger partial charge in [-0.1, -0.05) is 18.0 Å². The Morgan fingerprint density at radius 1 is 1.15 bits per heavy atom. The number of nitrogens with one attached hydrogen (secondary N) is 2. The maximum Gasteiger partial charge on any atom is 0.418 e. The van der Waals surface area contributed by atoms with Crippen LogP contribution in [-0.4, -0.2) is 73.7 Å². The number of benzene rings is 1. The van der Waals surface area contributed by atoms with Gasteiger partial charge in [-0.2, -0.15) is 26.3 Å². The molecule has 2 N–H and O–H groups in total. The number of hydrogen-bond acceptors (Lipinski definition) is 6. The second kappa shape index (κ2) is 12.5. The Morgan fingerprint density at radius 2 is 1.88 bits per heavy atom. The molecule has 2 fully saturated rings. The van der Waals surface area contributed by atoms with Crippen LogP contribution in [-0.2, 0) is 20.5 Å². The van der Waals surface area contributed by atoms with E-state index in [1.54, 1.807) is 0 Å². The minimum Gasteiger partial charge on any atom is -0.370 e. The number of hydrogen-bond donors (Lipinski definition) is 2. The molecule has 1 saturated heterocycles. The van der Waals surface area contributed by atoms with Crippen LogP contribution < -0.4 is 15.5 Å². The summed E-state index contributed by atoms with van der Waals surface area (Å²) < 4.78 is 88.1. The number of anilines is 2. The van der Waals surface area contributed by atoms with Gasteiger partial charge in [0.1, 0.15) is 12.6 Å². The molecule has 0 bridgehead atoms. The zero-order valence-electron chi connectivity index (χ0n) is 21.3. The number of carbonyl (C=O) groups excluding carboxylic acids is 3. The molecule has 0 spiro atoms. The molecule has 3 amide bonds. The highest BCUT2D eigenvalue weighted by Crippen LogP contribution is 2.38. The molecule has 41 heavy (non-hydrogen) atoms. The maximum atomic E-state index is 14.1. The monoisotopic (exact) mass is 626 g/mol.